The van der Waals surface area contributed by atoms with E-state index in [4.69, 9.17) is 4.84 Å². The van der Waals surface area contributed by atoms with Crippen molar-refractivity contribution in [1.82, 2.24) is 0 Å². The minimum atomic E-state index is -0.478. The van der Waals surface area contributed by atoms with Gasteiger partial charge in [-0.2, -0.15) is 0 Å². The first kappa shape index (κ1) is 20.0. The molecule has 152 valence electrons. The second kappa shape index (κ2) is 9.00. The summed E-state index contributed by atoms with van der Waals surface area (Å²) in [6.45, 7) is 1.90. The molecule has 0 unspecified atom stereocenters. The zero-order valence-electron chi connectivity index (χ0n) is 16.8. The van der Waals surface area contributed by atoms with Crippen LogP contribution in [0.1, 0.15) is 26.3 Å². The number of carbonyl (C=O) groups excluding carboxylic acids is 2. The van der Waals surface area contributed by atoms with Gasteiger partial charge in [0, 0.05) is 5.56 Å². The van der Waals surface area contributed by atoms with Crippen molar-refractivity contribution in [3.8, 4) is 0 Å². The molecule has 4 aromatic rings. The van der Waals surface area contributed by atoms with Crippen LogP contribution in [-0.2, 0) is 4.84 Å². The van der Waals surface area contributed by atoms with Crippen LogP contribution < -0.4 is 5.48 Å². The molecule has 4 aromatic carbocycles. The van der Waals surface area contributed by atoms with Crippen molar-refractivity contribution < 1.29 is 14.4 Å². The van der Waals surface area contributed by atoms with E-state index < -0.39 is 11.9 Å². The number of fused-ring (bicyclic) bond motifs is 1. The third kappa shape index (κ3) is 5.00. The van der Waals surface area contributed by atoms with Crippen molar-refractivity contribution in [3.63, 3.8) is 0 Å². The zero-order valence-corrected chi connectivity index (χ0v) is 16.8. The summed E-state index contributed by atoms with van der Waals surface area (Å²) >= 11 is 0. The topological polar surface area (TPSA) is 80.1 Å². The molecule has 0 spiro atoms. The third-order valence-electron chi connectivity index (χ3n) is 4.64. The third-order valence-corrected chi connectivity index (χ3v) is 4.64. The van der Waals surface area contributed by atoms with Gasteiger partial charge in [-0.25, -0.2) is 10.3 Å². The predicted octanol–water partition coefficient (Wildman–Crippen LogP) is 6.26. The smallest absolute Gasteiger partial charge is 0.338 e. The van der Waals surface area contributed by atoms with Crippen LogP contribution in [0.25, 0.3) is 10.8 Å². The molecule has 0 atom stereocenters. The molecule has 6 heteroatoms. The summed E-state index contributed by atoms with van der Waals surface area (Å²) in [5, 5.41) is 9.83. The maximum absolute atomic E-state index is 12.3. The summed E-state index contributed by atoms with van der Waals surface area (Å²) in [5.74, 6) is -0.895. The highest BCUT2D eigenvalue weighted by Crippen LogP contribution is 2.19. The first-order valence-corrected chi connectivity index (χ1v) is 9.67. The van der Waals surface area contributed by atoms with Crippen molar-refractivity contribution in [2.24, 2.45) is 10.2 Å². The number of rotatable bonds is 5. The average Bonchev–Trinajstić information content (AvgIpc) is 2.81. The molecule has 4 rings (SSSR count). The number of nitrogens with one attached hydrogen (secondary N) is 1. The Morgan fingerprint density at radius 1 is 0.774 bits per heavy atom. The number of nitrogens with zero attached hydrogens (tertiary/aromatic N) is 2. The summed E-state index contributed by atoms with van der Waals surface area (Å²) in [6.07, 6.45) is 0. The number of carbonyl (C=O) groups is 2. The van der Waals surface area contributed by atoms with Gasteiger partial charge in [-0.05, 0) is 66.2 Å². The molecule has 0 aliphatic heterocycles. The SMILES string of the molecule is Cc1cccc(C(=O)ONc2ccc(N=NC(=O)c3ccc4ccccc4c3)cc2)c1. The fraction of sp³-hybridized carbons (Fsp3) is 0.0400. The second-order valence-corrected chi connectivity index (χ2v) is 6.98. The van der Waals surface area contributed by atoms with E-state index in [1.165, 1.54) is 0 Å². The lowest BCUT2D eigenvalue weighted by molar-refractivity contribution is 0.0596. The van der Waals surface area contributed by atoms with Gasteiger partial charge >= 0.3 is 5.97 Å². The van der Waals surface area contributed by atoms with Crippen molar-refractivity contribution >= 4 is 34.0 Å². The molecule has 0 bridgehead atoms. The fourth-order valence-corrected chi connectivity index (χ4v) is 3.02. The number of hydrogen-bond acceptors (Lipinski definition) is 5. The summed E-state index contributed by atoms with van der Waals surface area (Å²) in [5.41, 5.74) is 5.60. The summed E-state index contributed by atoms with van der Waals surface area (Å²) in [4.78, 5) is 29.5. The molecule has 0 radical (unpaired) electrons. The van der Waals surface area contributed by atoms with E-state index >= 15 is 0 Å². The Morgan fingerprint density at radius 2 is 1.55 bits per heavy atom. The highest BCUT2D eigenvalue weighted by molar-refractivity contribution is 5.99. The Bertz CT molecular complexity index is 1280. The maximum Gasteiger partial charge on any atom is 0.362 e. The van der Waals surface area contributed by atoms with E-state index in [9.17, 15) is 9.59 Å². The highest BCUT2D eigenvalue weighted by atomic mass is 16.7. The lowest BCUT2D eigenvalue weighted by Gasteiger charge is -2.07. The quantitative estimate of drug-likeness (QED) is 0.312. The van der Waals surface area contributed by atoms with Gasteiger partial charge in [-0.3, -0.25) is 4.79 Å². The molecule has 0 aromatic heterocycles. The average molecular weight is 409 g/mol. The summed E-state index contributed by atoms with van der Waals surface area (Å²) in [7, 11) is 0. The lowest BCUT2D eigenvalue weighted by Crippen LogP contribution is -2.10. The van der Waals surface area contributed by atoms with E-state index in [2.05, 4.69) is 15.7 Å². The highest BCUT2D eigenvalue weighted by Gasteiger charge is 2.08. The monoisotopic (exact) mass is 409 g/mol. The van der Waals surface area contributed by atoms with Crippen molar-refractivity contribution in [2.45, 2.75) is 6.92 Å². The van der Waals surface area contributed by atoms with Gasteiger partial charge in [0.15, 0.2) is 0 Å². The molecular formula is C25H19N3O3. The number of benzene rings is 4. The molecule has 1 amide bonds. The van der Waals surface area contributed by atoms with Crippen LogP contribution in [0.2, 0.25) is 0 Å². The predicted molar refractivity (Wildman–Crippen MR) is 119 cm³/mol. The maximum atomic E-state index is 12.3. The molecule has 31 heavy (non-hydrogen) atoms. The number of amides is 1. The van der Waals surface area contributed by atoms with Crippen LogP contribution >= 0.6 is 0 Å². The molecule has 0 saturated carbocycles. The van der Waals surface area contributed by atoms with Crippen LogP contribution in [0, 0.1) is 6.92 Å². The van der Waals surface area contributed by atoms with Gasteiger partial charge < -0.3 is 4.84 Å². The van der Waals surface area contributed by atoms with Crippen molar-refractivity contribution in [3.05, 3.63) is 108 Å². The fourth-order valence-electron chi connectivity index (χ4n) is 3.02. The van der Waals surface area contributed by atoms with Gasteiger partial charge in [0.1, 0.15) is 0 Å². The molecule has 1 N–H and O–H groups in total. The number of aryl methyl sites for hydroxylation is 1. The molecule has 0 aliphatic carbocycles. The van der Waals surface area contributed by atoms with E-state index in [-0.39, 0.29) is 0 Å². The molecule has 0 aliphatic rings. The molecule has 0 saturated heterocycles. The minimum Gasteiger partial charge on any atom is -0.338 e. The van der Waals surface area contributed by atoms with Gasteiger partial charge in [0.05, 0.1) is 16.9 Å². The van der Waals surface area contributed by atoms with Crippen LogP contribution in [0.15, 0.2) is 101 Å². The largest absolute Gasteiger partial charge is 0.362 e. The first-order chi connectivity index (χ1) is 15.1. The van der Waals surface area contributed by atoms with E-state index in [1.807, 2.05) is 43.3 Å². The van der Waals surface area contributed by atoms with E-state index in [0.29, 0.717) is 22.5 Å². The first-order valence-electron chi connectivity index (χ1n) is 9.67. The summed E-state index contributed by atoms with van der Waals surface area (Å²) in [6, 6.07) is 27.1. The second-order valence-electron chi connectivity index (χ2n) is 6.98. The van der Waals surface area contributed by atoms with Crippen LogP contribution in [-0.4, -0.2) is 11.9 Å². The number of hydrogen-bond donors (Lipinski definition) is 1. The lowest BCUT2D eigenvalue weighted by atomic mass is 10.1. The Labute approximate surface area is 179 Å². The molecule has 0 heterocycles. The molecular weight excluding hydrogens is 390 g/mol. The van der Waals surface area contributed by atoms with E-state index in [0.717, 1.165) is 16.3 Å². The summed E-state index contributed by atoms with van der Waals surface area (Å²) < 4.78 is 0. The van der Waals surface area contributed by atoms with E-state index in [1.54, 1.807) is 54.6 Å². The van der Waals surface area contributed by atoms with Crippen LogP contribution in [0.3, 0.4) is 0 Å². The standard InChI is InChI=1S/C25H19N3O3/c1-17-5-4-8-21(15-17)25(30)31-28-23-13-11-22(12-14-23)26-27-24(29)20-10-9-18-6-2-3-7-19(18)16-20/h2-16,28H,1H3. The Kier molecular flexibility index (Phi) is 5.80. The molecule has 6 nitrogen and oxygen atoms in total. The van der Waals surface area contributed by atoms with Gasteiger partial charge in [-0.1, -0.05) is 48.0 Å². The Morgan fingerprint density at radius 3 is 2.32 bits per heavy atom. The van der Waals surface area contributed by atoms with Crippen LogP contribution in [0.5, 0.6) is 0 Å². The zero-order chi connectivity index (χ0) is 21.6. The number of anilines is 1. The Balaban J connectivity index is 1.36. The normalized spacial score (nSPS) is 10.9. The minimum absolute atomic E-state index is 0.417. The van der Waals surface area contributed by atoms with Gasteiger partial charge in [0.25, 0.3) is 5.91 Å². The van der Waals surface area contributed by atoms with Crippen LogP contribution in [0.4, 0.5) is 11.4 Å². The Hall–Kier alpha value is -4.32. The number of azo groups is 1. The molecule has 0 fully saturated rings. The van der Waals surface area contributed by atoms with Gasteiger partial charge in [-0.15, -0.1) is 10.2 Å². The van der Waals surface area contributed by atoms with Crippen molar-refractivity contribution in [1.29, 1.82) is 0 Å². The van der Waals surface area contributed by atoms with Crippen molar-refractivity contribution in [2.75, 3.05) is 5.48 Å². The van der Waals surface area contributed by atoms with Gasteiger partial charge in [0.2, 0.25) is 0 Å².